The Bertz CT molecular complexity index is 3800. The fourth-order valence-electron chi connectivity index (χ4n) is 10.5. The zero-order valence-electron chi connectivity index (χ0n) is 37.8. The molecule has 2 heterocycles. The maximum Gasteiger partial charge on any atom is 0.136 e. The molecular weight excluding hydrogens is 831 g/mol. The van der Waals surface area contributed by atoms with Crippen LogP contribution in [0.2, 0.25) is 0 Å². The number of benzene rings is 9. The van der Waals surface area contributed by atoms with Crippen LogP contribution in [-0.2, 0) is 5.41 Å². The van der Waals surface area contributed by atoms with Gasteiger partial charge in [-0.1, -0.05) is 167 Å². The largest absolute Gasteiger partial charge is 0.456 e. The van der Waals surface area contributed by atoms with Crippen LogP contribution < -0.4 is 4.90 Å². The van der Waals surface area contributed by atoms with Gasteiger partial charge in [-0.15, -0.1) is 17.8 Å². The van der Waals surface area contributed by atoms with Crippen LogP contribution in [0.25, 0.3) is 92.2 Å². The molecule has 0 N–H and O–H groups in total. The highest BCUT2D eigenvalue weighted by Gasteiger charge is 2.36. The van der Waals surface area contributed by atoms with Crippen molar-refractivity contribution in [3.8, 4) is 56.9 Å². The summed E-state index contributed by atoms with van der Waals surface area (Å²) in [5.41, 5.74) is 19.3. The summed E-state index contributed by atoms with van der Waals surface area (Å²) >= 11 is 1.87. The van der Waals surface area contributed by atoms with E-state index in [2.05, 4.69) is 220 Å². The first-order valence-electron chi connectivity index (χ1n) is 23.3. The van der Waals surface area contributed by atoms with Gasteiger partial charge in [0.25, 0.3) is 0 Å². The van der Waals surface area contributed by atoms with Gasteiger partial charge in [0.1, 0.15) is 11.2 Å². The lowest BCUT2D eigenvalue weighted by Gasteiger charge is -2.26. The monoisotopic (exact) mass is 877 g/mol. The van der Waals surface area contributed by atoms with E-state index in [-0.39, 0.29) is 5.41 Å². The predicted molar refractivity (Wildman–Crippen MR) is 287 cm³/mol. The Balaban J connectivity index is 0.952. The third-order valence-corrected chi connectivity index (χ3v) is 15.1. The van der Waals surface area contributed by atoms with Crippen molar-refractivity contribution >= 4 is 76.1 Å². The first-order valence-corrected chi connectivity index (χ1v) is 24.1. The molecule has 0 fully saturated rings. The zero-order valence-corrected chi connectivity index (χ0v) is 38.6. The lowest BCUT2D eigenvalue weighted by atomic mass is 9.81. The van der Waals surface area contributed by atoms with E-state index in [4.69, 9.17) is 10.8 Å². The first kappa shape index (κ1) is 40.6. The van der Waals surface area contributed by atoms with Crippen molar-refractivity contribution in [3.63, 3.8) is 0 Å². The van der Waals surface area contributed by atoms with Gasteiger partial charge in [0.05, 0.1) is 0 Å². The Morgan fingerprint density at radius 3 is 2.00 bits per heavy atom. The number of para-hydroxylation sites is 1. The topological polar surface area (TPSA) is 16.4 Å². The van der Waals surface area contributed by atoms with Gasteiger partial charge in [0, 0.05) is 59.0 Å². The van der Waals surface area contributed by atoms with E-state index in [1.165, 1.54) is 59.1 Å². The molecule has 11 aromatic rings. The number of rotatable bonds is 9. The van der Waals surface area contributed by atoms with Gasteiger partial charge in [-0.2, -0.15) is 0 Å². The van der Waals surface area contributed by atoms with Gasteiger partial charge in [0.2, 0.25) is 0 Å². The second kappa shape index (κ2) is 16.2. The molecule has 3 heteroatoms. The van der Waals surface area contributed by atoms with Crippen molar-refractivity contribution < 1.29 is 4.42 Å². The number of fused-ring (bicyclic) bond motifs is 9. The van der Waals surface area contributed by atoms with Crippen molar-refractivity contribution in [1.82, 2.24) is 0 Å². The molecule has 2 aromatic heterocycles. The average molecular weight is 878 g/mol. The molecule has 0 saturated carbocycles. The van der Waals surface area contributed by atoms with Gasteiger partial charge < -0.3 is 9.32 Å². The van der Waals surface area contributed by atoms with Crippen LogP contribution >= 0.6 is 11.3 Å². The van der Waals surface area contributed by atoms with Crippen molar-refractivity contribution in [2.24, 2.45) is 0 Å². The summed E-state index contributed by atoms with van der Waals surface area (Å²) < 4.78 is 8.92. The van der Waals surface area contributed by atoms with Gasteiger partial charge in [-0.25, -0.2) is 0 Å². The molecule has 320 valence electrons. The van der Waals surface area contributed by atoms with Gasteiger partial charge in [0.15, 0.2) is 0 Å². The van der Waals surface area contributed by atoms with E-state index in [9.17, 15) is 0 Å². The number of thiophene rings is 1. The normalized spacial score (nSPS) is 13.0. The molecule has 0 bridgehead atoms. The molecule has 1 aliphatic carbocycles. The number of terminal acetylenes is 1. The quantitative estimate of drug-likeness (QED) is 0.134. The molecule has 0 amide bonds. The van der Waals surface area contributed by atoms with E-state index in [1.54, 1.807) is 0 Å². The van der Waals surface area contributed by atoms with Crippen molar-refractivity contribution in [3.05, 3.63) is 217 Å². The lowest BCUT2D eigenvalue weighted by Crippen LogP contribution is -2.15. The van der Waals surface area contributed by atoms with E-state index >= 15 is 0 Å². The number of anilines is 3. The Morgan fingerprint density at radius 2 is 1.21 bits per heavy atom. The highest BCUT2D eigenvalue weighted by Crippen LogP contribution is 2.51. The minimum atomic E-state index is -0.153. The standard InChI is InChI=1S/C64H47NOS/c1-5-7-15-41(6-2)46-30-36-52-56-39-45(31-37-57(56)64(3,4)58(52)40-46)44-16-12-17-49(38-44)65(47-32-26-42(27-33-47)50-20-14-24-60-62(50)55-19-8-10-23-59(55)66-60)48-34-28-43(29-35-48)51-21-13-22-54-53-18-9-11-25-61(53)67-63(51)54/h2,8-40H,5,7H2,1,3-4H3/b41-15+. The van der Waals surface area contributed by atoms with Crippen molar-refractivity contribution in [2.75, 3.05) is 4.90 Å². The second-order valence-corrected chi connectivity index (χ2v) is 19.3. The maximum absolute atomic E-state index is 6.29. The van der Waals surface area contributed by atoms with Crippen LogP contribution in [0.15, 0.2) is 205 Å². The van der Waals surface area contributed by atoms with Crippen molar-refractivity contribution in [2.45, 2.75) is 39.0 Å². The summed E-state index contributed by atoms with van der Waals surface area (Å²) in [4.78, 5) is 2.38. The third kappa shape index (κ3) is 6.79. The number of nitrogens with zero attached hydrogens (tertiary/aromatic N) is 1. The lowest BCUT2D eigenvalue weighted by molar-refractivity contribution is 0.660. The Morgan fingerprint density at radius 1 is 0.552 bits per heavy atom. The molecule has 0 spiro atoms. The van der Waals surface area contributed by atoms with Crippen LogP contribution in [0.4, 0.5) is 17.1 Å². The molecule has 0 unspecified atom stereocenters. The predicted octanol–water partition coefficient (Wildman–Crippen LogP) is 18.5. The third-order valence-electron chi connectivity index (χ3n) is 13.9. The molecule has 0 saturated heterocycles. The number of hydrogen-bond acceptors (Lipinski definition) is 3. The highest BCUT2D eigenvalue weighted by atomic mass is 32.1. The zero-order chi connectivity index (χ0) is 45.2. The molecule has 0 atom stereocenters. The van der Waals surface area contributed by atoms with E-state index in [1.807, 2.05) is 23.5 Å². The Labute approximate surface area is 396 Å². The number of hydrogen-bond donors (Lipinski definition) is 0. The second-order valence-electron chi connectivity index (χ2n) is 18.2. The summed E-state index contributed by atoms with van der Waals surface area (Å²) in [6.45, 7) is 6.86. The number of allylic oxidation sites excluding steroid dienone is 2. The van der Waals surface area contributed by atoms with Gasteiger partial charge >= 0.3 is 0 Å². The summed E-state index contributed by atoms with van der Waals surface area (Å²) in [5, 5.41) is 4.89. The molecular formula is C64H47NOS. The summed E-state index contributed by atoms with van der Waals surface area (Å²) in [6, 6.07) is 71.0. The first-order chi connectivity index (χ1) is 32.9. The molecule has 1 aliphatic rings. The van der Waals surface area contributed by atoms with Crippen LogP contribution in [0, 0.1) is 12.3 Å². The van der Waals surface area contributed by atoms with E-state index in [0.717, 1.165) is 79.7 Å². The smallest absolute Gasteiger partial charge is 0.136 e. The summed E-state index contributed by atoms with van der Waals surface area (Å²) in [5.74, 6) is 2.96. The number of furan rings is 1. The van der Waals surface area contributed by atoms with Crippen LogP contribution in [-0.4, -0.2) is 0 Å². The minimum Gasteiger partial charge on any atom is -0.456 e. The molecule has 9 aromatic carbocycles. The van der Waals surface area contributed by atoms with Gasteiger partial charge in [-0.05, 0) is 134 Å². The van der Waals surface area contributed by atoms with E-state index in [0.29, 0.717) is 0 Å². The van der Waals surface area contributed by atoms with E-state index < -0.39 is 0 Å². The van der Waals surface area contributed by atoms with Crippen LogP contribution in [0.5, 0.6) is 0 Å². The summed E-state index contributed by atoms with van der Waals surface area (Å²) in [7, 11) is 0. The van der Waals surface area contributed by atoms with Gasteiger partial charge in [-0.3, -0.25) is 0 Å². The molecule has 0 radical (unpaired) electrons. The number of unbranched alkanes of at least 4 members (excludes halogenated alkanes) is 1. The summed E-state index contributed by atoms with van der Waals surface area (Å²) in [6.07, 6.45) is 10.3. The highest BCUT2D eigenvalue weighted by molar-refractivity contribution is 7.26. The van der Waals surface area contributed by atoms with Crippen LogP contribution in [0.1, 0.15) is 50.3 Å². The van der Waals surface area contributed by atoms with Crippen molar-refractivity contribution in [1.29, 1.82) is 0 Å². The molecule has 0 aliphatic heterocycles. The van der Waals surface area contributed by atoms with Crippen LogP contribution in [0.3, 0.4) is 0 Å². The Hall–Kier alpha value is -7.90. The fourth-order valence-corrected chi connectivity index (χ4v) is 11.7. The molecule has 2 nitrogen and oxygen atoms in total. The fraction of sp³-hybridized carbons (Fsp3) is 0.0938. The Kier molecular flexibility index (Phi) is 9.82. The molecule has 12 rings (SSSR count). The molecule has 67 heavy (non-hydrogen) atoms. The SMILES string of the molecule is C#C/C(=C\CCC)c1ccc2c(c1)C(C)(C)c1ccc(-c3cccc(N(c4ccc(-c5cccc6c5sc5ccccc56)cc4)c4ccc(-c5cccc6oc7ccccc7c56)cc4)c3)cc1-2. The average Bonchev–Trinajstić information content (AvgIpc) is 4.02. The minimum absolute atomic E-state index is 0.153. The maximum atomic E-state index is 6.29.